The number of nitrogens with one attached hydrogen (secondary N) is 2. The van der Waals surface area contributed by atoms with Crippen molar-refractivity contribution in [3.8, 4) is 0 Å². The fourth-order valence-corrected chi connectivity index (χ4v) is 3.71. The number of carbonyl (C=O) groups excluding carboxylic acids is 2. The van der Waals surface area contributed by atoms with Crippen LogP contribution in [0.25, 0.3) is 0 Å². The van der Waals surface area contributed by atoms with Gasteiger partial charge in [0.25, 0.3) is 0 Å². The molecule has 7 heteroatoms. The van der Waals surface area contributed by atoms with Gasteiger partial charge in [-0.05, 0) is 49.4 Å². The zero-order valence-electron chi connectivity index (χ0n) is 17.2. The smallest absolute Gasteiger partial charge is 0.336 e. The van der Waals surface area contributed by atoms with Crippen LogP contribution in [0.1, 0.15) is 49.9 Å². The Morgan fingerprint density at radius 2 is 1.90 bits per heavy atom. The van der Waals surface area contributed by atoms with Crippen LogP contribution in [0.5, 0.6) is 0 Å². The van der Waals surface area contributed by atoms with Gasteiger partial charge in [0.1, 0.15) is 0 Å². The molecule has 1 atom stereocenters. The molecule has 2 aromatic carbocycles. The molecule has 3 rings (SSSR count). The summed E-state index contributed by atoms with van der Waals surface area (Å²) in [6.45, 7) is 6.10. The lowest BCUT2D eigenvalue weighted by molar-refractivity contribution is -0.114. The Hall–Kier alpha value is -2.80. The highest BCUT2D eigenvalue weighted by Gasteiger charge is 2.30. The molecule has 1 aliphatic rings. The molecule has 0 aliphatic carbocycles. The summed E-state index contributed by atoms with van der Waals surface area (Å²) in [5.41, 5.74) is 4.44. The van der Waals surface area contributed by atoms with E-state index in [0.29, 0.717) is 6.54 Å². The van der Waals surface area contributed by atoms with Crippen molar-refractivity contribution in [3.63, 3.8) is 0 Å². The van der Waals surface area contributed by atoms with E-state index in [1.807, 2.05) is 44.4 Å². The first-order valence-corrected chi connectivity index (χ1v) is 10.9. The molecule has 152 valence electrons. The van der Waals surface area contributed by atoms with E-state index < -0.39 is 0 Å². The van der Waals surface area contributed by atoms with Crippen molar-refractivity contribution in [3.05, 3.63) is 59.2 Å². The molecule has 0 saturated heterocycles. The largest absolute Gasteiger partial charge is 0.338 e. The number of rotatable bonds is 5. The van der Waals surface area contributed by atoms with Gasteiger partial charge < -0.3 is 10.6 Å². The summed E-state index contributed by atoms with van der Waals surface area (Å²) < 4.78 is 0. The van der Waals surface area contributed by atoms with E-state index in [1.165, 1.54) is 11.9 Å². The summed E-state index contributed by atoms with van der Waals surface area (Å²) in [4.78, 5) is 25.1. The van der Waals surface area contributed by atoms with Gasteiger partial charge in [0.2, 0.25) is 5.91 Å². The number of hydrogen-bond donors (Lipinski definition) is 2. The average molecular weight is 411 g/mol. The van der Waals surface area contributed by atoms with Gasteiger partial charge in [-0.3, -0.25) is 4.79 Å². The number of benzene rings is 2. The highest BCUT2D eigenvalue weighted by atomic mass is 32.2. The number of thioether (sulfide) groups is 1. The molecule has 3 amide bonds. The van der Waals surface area contributed by atoms with Gasteiger partial charge >= 0.3 is 6.03 Å². The number of hydrogen-bond acceptors (Lipinski definition) is 4. The van der Waals surface area contributed by atoms with Crippen LogP contribution in [0.4, 0.5) is 10.5 Å². The van der Waals surface area contributed by atoms with Crippen molar-refractivity contribution in [2.75, 3.05) is 18.1 Å². The monoisotopic (exact) mass is 410 g/mol. The van der Waals surface area contributed by atoms with Gasteiger partial charge in [0, 0.05) is 35.2 Å². The lowest BCUT2D eigenvalue weighted by Gasteiger charge is -2.32. The number of nitrogens with zero attached hydrogens (tertiary/aromatic N) is 2. The van der Waals surface area contributed by atoms with Crippen LogP contribution in [-0.4, -0.2) is 35.5 Å². The van der Waals surface area contributed by atoms with E-state index >= 15 is 0 Å². The normalized spacial score (nSPS) is 15.4. The third-order valence-corrected chi connectivity index (χ3v) is 5.48. The number of urea groups is 1. The Labute approximate surface area is 175 Å². The van der Waals surface area contributed by atoms with Gasteiger partial charge in [-0.25, -0.2) is 9.80 Å². The molecule has 1 aliphatic heterocycles. The lowest BCUT2D eigenvalue weighted by atomic mass is 9.92. The van der Waals surface area contributed by atoms with Gasteiger partial charge in [-0.15, -0.1) is 11.8 Å². The minimum absolute atomic E-state index is 0.115. The zero-order chi connectivity index (χ0) is 21.0. The quantitative estimate of drug-likeness (QED) is 0.707. The maximum Gasteiger partial charge on any atom is 0.338 e. The van der Waals surface area contributed by atoms with E-state index in [0.717, 1.165) is 39.4 Å². The molecule has 1 heterocycles. The summed E-state index contributed by atoms with van der Waals surface area (Å²) in [6, 6.07) is 13.4. The molecule has 0 radical (unpaired) electrons. The molecule has 2 N–H and O–H groups in total. The number of hydrazone groups is 1. The zero-order valence-corrected chi connectivity index (χ0v) is 18.0. The van der Waals surface area contributed by atoms with Crippen LogP contribution < -0.4 is 10.6 Å². The molecule has 1 unspecified atom stereocenters. The van der Waals surface area contributed by atoms with Crippen molar-refractivity contribution in [2.45, 2.75) is 38.1 Å². The Morgan fingerprint density at radius 3 is 2.52 bits per heavy atom. The summed E-state index contributed by atoms with van der Waals surface area (Å²) in [5.74, 6) is -0.115. The second kappa shape index (κ2) is 9.13. The number of anilines is 1. The number of fused-ring (bicyclic) bond motifs is 1. The Bertz CT molecular complexity index is 940. The van der Waals surface area contributed by atoms with Crippen molar-refractivity contribution in [1.29, 1.82) is 0 Å². The maximum absolute atomic E-state index is 12.7. The Kier molecular flexibility index (Phi) is 6.59. The van der Waals surface area contributed by atoms with Crippen LogP contribution in [0.15, 0.2) is 52.5 Å². The van der Waals surface area contributed by atoms with Gasteiger partial charge in [-0.1, -0.05) is 25.1 Å². The molecule has 0 bridgehead atoms. The topological polar surface area (TPSA) is 73.8 Å². The van der Waals surface area contributed by atoms with E-state index in [1.54, 1.807) is 11.8 Å². The fraction of sp³-hybridized carbons (Fsp3) is 0.318. The third-order valence-electron chi connectivity index (χ3n) is 4.75. The summed E-state index contributed by atoms with van der Waals surface area (Å²) >= 11 is 1.67. The SMILES string of the molecule is CCCNC(=O)N1N=C(c2ccc(NC(C)=O)cc2)c2cc(SC)ccc2C1C. The second-order valence-electron chi connectivity index (χ2n) is 6.91. The van der Waals surface area contributed by atoms with E-state index in [9.17, 15) is 9.59 Å². The van der Waals surface area contributed by atoms with Gasteiger partial charge in [0.05, 0.1) is 11.8 Å². The van der Waals surface area contributed by atoms with Crippen LogP contribution in [0, 0.1) is 0 Å². The Morgan fingerprint density at radius 1 is 1.17 bits per heavy atom. The van der Waals surface area contributed by atoms with Crippen molar-refractivity contribution in [1.82, 2.24) is 10.3 Å². The molecule has 0 spiro atoms. The molecule has 2 aromatic rings. The van der Waals surface area contributed by atoms with E-state index in [-0.39, 0.29) is 18.0 Å². The molecule has 29 heavy (non-hydrogen) atoms. The molecular formula is C22H26N4O2S. The van der Waals surface area contributed by atoms with Crippen molar-refractivity contribution in [2.24, 2.45) is 5.10 Å². The molecule has 0 aromatic heterocycles. The van der Waals surface area contributed by atoms with Crippen molar-refractivity contribution >= 4 is 35.1 Å². The second-order valence-corrected chi connectivity index (χ2v) is 7.79. The highest BCUT2D eigenvalue weighted by molar-refractivity contribution is 7.98. The first-order valence-electron chi connectivity index (χ1n) is 9.66. The Balaban J connectivity index is 2.05. The summed E-state index contributed by atoms with van der Waals surface area (Å²) in [7, 11) is 0. The fourth-order valence-electron chi connectivity index (χ4n) is 3.27. The predicted molar refractivity (Wildman–Crippen MR) is 119 cm³/mol. The number of amides is 3. The predicted octanol–water partition coefficient (Wildman–Crippen LogP) is 4.62. The molecule has 0 saturated carbocycles. The van der Waals surface area contributed by atoms with Crippen molar-refractivity contribution < 1.29 is 9.59 Å². The van der Waals surface area contributed by atoms with Crippen LogP contribution in [0.2, 0.25) is 0 Å². The minimum atomic E-state index is -0.202. The average Bonchev–Trinajstić information content (AvgIpc) is 2.72. The molecule has 6 nitrogen and oxygen atoms in total. The standard InChI is InChI=1S/C22H26N4O2S/c1-5-12-23-22(28)26-14(2)19-11-10-18(29-4)13-20(19)21(25-26)16-6-8-17(9-7-16)24-15(3)27/h6-11,13-14H,5,12H2,1-4H3,(H,23,28)(H,24,27). The molecular weight excluding hydrogens is 384 g/mol. The van der Waals surface area contributed by atoms with Crippen LogP contribution >= 0.6 is 11.8 Å². The summed E-state index contributed by atoms with van der Waals surface area (Å²) in [5, 5.41) is 11.9. The maximum atomic E-state index is 12.7. The molecule has 0 fully saturated rings. The lowest BCUT2D eigenvalue weighted by Crippen LogP contribution is -2.41. The first-order chi connectivity index (χ1) is 13.9. The van der Waals surface area contributed by atoms with E-state index in [2.05, 4.69) is 28.8 Å². The summed E-state index contributed by atoms with van der Waals surface area (Å²) in [6.07, 6.45) is 2.90. The van der Waals surface area contributed by atoms with Gasteiger partial charge in [0.15, 0.2) is 0 Å². The number of carbonyl (C=O) groups is 2. The van der Waals surface area contributed by atoms with E-state index in [4.69, 9.17) is 5.10 Å². The highest BCUT2D eigenvalue weighted by Crippen LogP contribution is 2.34. The first kappa shape index (κ1) is 20.9. The van der Waals surface area contributed by atoms with Crippen LogP contribution in [-0.2, 0) is 4.79 Å². The van der Waals surface area contributed by atoms with Crippen LogP contribution in [0.3, 0.4) is 0 Å². The minimum Gasteiger partial charge on any atom is -0.336 e. The third kappa shape index (κ3) is 4.62. The van der Waals surface area contributed by atoms with Gasteiger partial charge in [-0.2, -0.15) is 5.10 Å².